The minimum absolute atomic E-state index is 0.0358. The molecule has 0 radical (unpaired) electrons. The van der Waals surface area contributed by atoms with Gasteiger partial charge in [-0.05, 0) is 17.2 Å². The number of rotatable bonds is 4. The van der Waals surface area contributed by atoms with Gasteiger partial charge in [0.05, 0.1) is 13.2 Å². The fraction of sp³-hybridized carbons (Fsp3) is 0.500. The molecule has 18 heavy (non-hydrogen) atoms. The average molecular weight is 248 g/mol. The fourth-order valence-corrected chi connectivity index (χ4v) is 2.10. The van der Waals surface area contributed by atoms with Crippen LogP contribution in [0.4, 0.5) is 0 Å². The van der Waals surface area contributed by atoms with Crippen LogP contribution >= 0.6 is 0 Å². The van der Waals surface area contributed by atoms with Gasteiger partial charge in [0.15, 0.2) is 0 Å². The van der Waals surface area contributed by atoms with Crippen LogP contribution in [0.2, 0.25) is 0 Å². The van der Waals surface area contributed by atoms with E-state index in [0.717, 1.165) is 18.8 Å². The molecule has 3 N–H and O–H groups in total. The maximum Gasteiger partial charge on any atom is 0.233 e. The van der Waals surface area contributed by atoms with Crippen LogP contribution in [0.5, 0.6) is 5.75 Å². The van der Waals surface area contributed by atoms with Gasteiger partial charge in [0.1, 0.15) is 5.75 Å². The summed E-state index contributed by atoms with van der Waals surface area (Å²) < 4.78 is 5.50. The maximum absolute atomic E-state index is 11.2. The van der Waals surface area contributed by atoms with E-state index in [-0.39, 0.29) is 17.9 Å². The number of carbonyl (C=O) groups excluding carboxylic acids is 1. The zero-order valence-corrected chi connectivity index (χ0v) is 11.0. The molecule has 0 fully saturated rings. The molecule has 4 nitrogen and oxygen atoms in total. The van der Waals surface area contributed by atoms with Crippen molar-refractivity contribution in [2.75, 3.05) is 19.7 Å². The summed E-state index contributed by atoms with van der Waals surface area (Å²) in [4.78, 5) is 11.2. The van der Waals surface area contributed by atoms with E-state index in [1.165, 1.54) is 11.1 Å². The quantitative estimate of drug-likeness (QED) is 0.834. The number of nitrogens with one attached hydrogen (secondary N) is 1. The molecule has 1 aromatic carbocycles. The van der Waals surface area contributed by atoms with Crippen molar-refractivity contribution in [3.8, 4) is 5.75 Å². The molecule has 1 aliphatic rings. The highest BCUT2D eigenvalue weighted by Gasteiger charge is 2.23. The zero-order chi connectivity index (χ0) is 13.2. The summed E-state index contributed by atoms with van der Waals surface area (Å²) in [5, 5.41) is 2.84. The van der Waals surface area contributed by atoms with Crippen LogP contribution in [0.3, 0.4) is 0 Å². The van der Waals surface area contributed by atoms with Gasteiger partial charge in [-0.15, -0.1) is 0 Å². The smallest absolute Gasteiger partial charge is 0.233 e. The number of hydrogen-bond acceptors (Lipinski definition) is 3. The van der Waals surface area contributed by atoms with E-state index in [9.17, 15) is 4.79 Å². The lowest BCUT2D eigenvalue weighted by molar-refractivity contribution is -0.119. The second-order valence-electron chi connectivity index (χ2n) is 5.29. The zero-order valence-electron chi connectivity index (χ0n) is 11.0. The first kappa shape index (κ1) is 12.9. The van der Waals surface area contributed by atoms with Crippen molar-refractivity contribution in [2.24, 2.45) is 5.73 Å². The van der Waals surface area contributed by atoms with E-state index in [2.05, 4.69) is 31.3 Å². The van der Waals surface area contributed by atoms with Gasteiger partial charge in [0.2, 0.25) is 5.91 Å². The van der Waals surface area contributed by atoms with Crippen molar-refractivity contribution in [1.29, 1.82) is 0 Å². The fourth-order valence-electron chi connectivity index (χ4n) is 2.10. The van der Waals surface area contributed by atoms with Gasteiger partial charge in [-0.2, -0.15) is 0 Å². The van der Waals surface area contributed by atoms with Gasteiger partial charge < -0.3 is 15.8 Å². The molecular formula is C14H20N2O2. The first-order valence-corrected chi connectivity index (χ1v) is 6.26. The molecule has 4 heteroatoms. The third-order valence-corrected chi connectivity index (χ3v) is 3.38. The maximum atomic E-state index is 11.2. The Balaban J connectivity index is 2.11. The Labute approximate surface area is 108 Å². The molecule has 1 heterocycles. The Hall–Kier alpha value is -1.55. The molecule has 0 saturated heterocycles. The molecule has 0 unspecified atom stereocenters. The van der Waals surface area contributed by atoms with E-state index >= 15 is 0 Å². The first-order chi connectivity index (χ1) is 8.53. The van der Waals surface area contributed by atoms with E-state index in [1.807, 2.05) is 6.07 Å². The first-order valence-electron chi connectivity index (χ1n) is 6.26. The van der Waals surface area contributed by atoms with Gasteiger partial charge in [-0.3, -0.25) is 4.79 Å². The topological polar surface area (TPSA) is 64.4 Å². The second-order valence-corrected chi connectivity index (χ2v) is 5.29. The molecule has 0 spiro atoms. The number of benzene rings is 1. The second kappa shape index (κ2) is 4.98. The van der Waals surface area contributed by atoms with E-state index in [0.29, 0.717) is 6.54 Å². The summed E-state index contributed by atoms with van der Waals surface area (Å²) in [5.74, 6) is 0.869. The van der Waals surface area contributed by atoms with Crippen LogP contribution < -0.4 is 15.8 Å². The summed E-state index contributed by atoms with van der Waals surface area (Å²) in [6, 6.07) is 6.26. The number of hydrogen-bond donors (Lipinski definition) is 2. The van der Waals surface area contributed by atoms with Crippen LogP contribution in [-0.2, 0) is 16.6 Å². The minimum atomic E-state index is -0.118. The van der Waals surface area contributed by atoms with E-state index < -0.39 is 0 Å². The van der Waals surface area contributed by atoms with Crippen LogP contribution in [0.1, 0.15) is 25.0 Å². The number of carbonyl (C=O) groups is 1. The number of amides is 1. The molecule has 1 aromatic rings. The predicted molar refractivity (Wildman–Crippen MR) is 70.7 cm³/mol. The highest BCUT2D eigenvalue weighted by molar-refractivity contribution is 5.77. The Morgan fingerprint density at radius 2 is 2.28 bits per heavy atom. The largest absolute Gasteiger partial charge is 0.493 e. The van der Waals surface area contributed by atoms with Gasteiger partial charge in [0.25, 0.3) is 0 Å². The molecule has 0 atom stereocenters. The van der Waals surface area contributed by atoms with Gasteiger partial charge in [-0.25, -0.2) is 0 Å². The van der Waals surface area contributed by atoms with Crippen molar-refractivity contribution in [3.05, 3.63) is 29.3 Å². The lowest BCUT2D eigenvalue weighted by Crippen LogP contribution is -2.39. The van der Waals surface area contributed by atoms with Crippen LogP contribution in [0.25, 0.3) is 0 Å². The van der Waals surface area contributed by atoms with Gasteiger partial charge in [0, 0.05) is 18.4 Å². The van der Waals surface area contributed by atoms with Gasteiger partial charge >= 0.3 is 0 Å². The number of ether oxygens (including phenoxy) is 1. The summed E-state index contributed by atoms with van der Waals surface area (Å²) >= 11 is 0. The van der Waals surface area contributed by atoms with E-state index in [1.54, 1.807) is 0 Å². The normalized spacial score (nSPS) is 13.9. The van der Waals surface area contributed by atoms with Crippen LogP contribution in [0.15, 0.2) is 18.2 Å². The predicted octanol–water partition coefficient (Wildman–Crippen LogP) is 0.974. The lowest BCUT2D eigenvalue weighted by Gasteiger charge is -2.26. The molecule has 0 saturated carbocycles. The molecular weight excluding hydrogens is 228 g/mol. The van der Waals surface area contributed by atoms with Gasteiger partial charge in [-0.1, -0.05) is 26.0 Å². The monoisotopic (exact) mass is 248 g/mol. The molecule has 1 aliphatic heterocycles. The average Bonchev–Trinajstić information content (AvgIpc) is 2.83. The van der Waals surface area contributed by atoms with Crippen molar-refractivity contribution in [1.82, 2.24) is 5.32 Å². The Morgan fingerprint density at radius 1 is 1.50 bits per heavy atom. The Morgan fingerprint density at radius 3 is 3.00 bits per heavy atom. The summed E-state index contributed by atoms with van der Waals surface area (Å²) in [5.41, 5.74) is 7.64. The minimum Gasteiger partial charge on any atom is -0.493 e. The summed E-state index contributed by atoms with van der Waals surface area (Å²) in [6.07, 6.45) is 0.967. The van der Waals surface area contributed by atoms with Crippen molar-refractivity contribution in [2.45, 2.75) is 25.7 Å². The third kappa shape index (κ3) is 2.64. The SMILES string of the molecule is CC(C)(CNC(=O)CN)c1ccc2c(c1)CCO2. The Kier molecular flexibility index (Phi) is 3.57. The molecule has 0 bridgehead atoms. The Bertz CT molecular complexity index is 455. The highest BCUT2D eigenvalue weighted by Crippen LogP contribution is 2.31. The van der Waals surface area contributed by atoms with Crippen molar-refractivity contribution < 1.29 is 9.53 Å². The summed E-state index contributed by atoms with van der Waals surface area (Å²) in [6.45, 7) is 5.61. The molecule has 0 aromatic heterocycles. The van der Waals surface area contributed by atoms with Crippen molar-refractivity contribution >= 4 is 5.91 Å². The molecule has 2 rings (SSSR count). The summed E-state index contributed by atoms with van der Waals surface area (Å²) in [7, 11) is 0. The molecule has 0 aliphatic carbocycles. The van der Waals surface area contributed by atoms with Crippen LogP contribution in [-0.4, -0.2) is 25.6 Å². The number of fused-ring (bicyclic) bond motifs is 1. The highest BCUT2D eigenvalue weighted by atomic mass is 16.5. The molecule has 1 amide bonds. The molecule has 98 valence electrons. The third-order valence-electron chi connectivity index (χ3n) is 3.38. The standard InChI is InChI=1S/C14H20N2O2/c1-14(2,9-16-13(17)8-15)11-3-4-12-10(7-11)5-6-18-12/h3-4,7H,5-6,8-9,15H2,1-2H3,(H,16,17). The number of nitrogens with two attached hydrogens (primary N) is 1. The van der Waals surface area contributed by atoms with E-state index in [4.69, 9.17) is 10.5 Å². The van der Waals surface area contributed by atoms with Crippen LogP contribution in [0, 0.1) is 0 Å². The van der Waals surface area contributed by atoms with Crippen molar-refractivity contribution in [3.63, 3.8) is 0 Å². The lowest BCUT2D eigenvalue weighted by atomic mass is 9.83.